The molecule has 0 aliphatic rings. The number of carbonyl (C=O) groups excluding carboxylic acids is 2. The molecule has 158 valence electrons. The summed E-state index contributed by atoms with van der Waals surface area (Å²) in [7, 11) is 3.35. The molecular formula is C22H20ClN5O3. The summed E-state index contributed by atoms with van der Waals surface area (Å²) in [6.45, 7) is 1.70. The molecule has 0 saturated heterocycles. The number of amides is 2. The van der Waals surface area contributed by atoms with Crippen LogP contribution in [0.15, 0.2) is 53.1 Å². The molecule has 0 fully saturated rings. The van der Waals surface area contributed by atoms with Gasteiger partial charge in [-0.1, -0.05) is 11.6 Å². The van der Waals surface area contributed by atoms with Crippen LogP contribution in [0.3, 0.4) is 0 Å². The van der Waals surface area contributed by atoms with Crippen LogP contribution in [0.25, 0.3) is 22.5 Å². The molecular weight excluding hydrogens is 418 g/mol. The van der Waals surface area contributed by atoms with Crippen molar-refractivity contribution >= 4 is 40.1 Å². The van der Waals surface area contributed by atoms with Crippen molar-refractivity contribution in [3.05, 3.63) is 65.0 Å². The van der Waals surface area contributed by atoms with Gasteiger partial charge in [0.05, 0.1) is 29.5 Å². The number of hydrogen-bond donors (Lipinski definition) is 1. The van der Waals surface area contributed by atoms with Crippen molar-refractivity contribution in [2.24, 2.45) is 7.05 Å². The zero-order valence-corrected chi connectivity index (χ0v) is 18.0. The minimum absolute atomic E-state index is 0.124. The Morgan fingerprint density at radius 1 is 1.23 bits per heavy atom. The molecule has 4 rings (SSSR count). The average molecular weight is 438 g/mol. The number of pyridine rings is 1. The Kier molecular flexibility index (Phi) is 5.48. The van der Waals surface area contributed by atoms with Gasteiger partial charge < -0.3 is 14.6 Å². The standard InChI is InChI=1S/C22H20ClN5O3/c1-13-20-16(11-17(18-5-4-10-31-18)25-21(20)28(3)26-13)22(30)27(2)12-19(29)24-15-8-6-14(23)7-9-15/h4-11H,12H2,1-3H3,(H,24,29). The molecule has 0 aliphatic carbocycles. The van der Waals surface area contributed by atoms with Gasteiger partial charge in [-0.3, -0.25) is 14.3 Å². The number of anilines is 1. The number of hydrogen-bond acceptors (Lipinski definition) is 5. The Morgan fingerprint density at radius 3 is 2.65 bits per heavy atom. The Labute approximate surface area is 183 Å². The van der Waals surface area contributed by atoms with E-state index in [0.29, 0.717) is 44.5 Å². The van der Waals surface area contributed by atoms with Gasteiger partial charge in [0, 0.05) is 24.8 Å². The number of likely N-dealkylation sites (N-methyl/N-ethyl adjacent to an activating group) is 1. The van der Waals surface area contributed by atoms with Crippen LogP contribution in [0.2, 0.25) is 5.02 Å². The van der Waals surface area contributed by atoms with E-state index in [4.69, 9.17) is 16.0 Å². The fourth-order valence-corrected chi connectivity index (χ4v) is 3.52. The third-order valence-electron chi connectivity index (χ3n) is 4.83. The van der Waals surface area contributed by atoms with Gasteiger partial charge in [0.15, 0.2) is 11.4 Å². The zero-order chi connectivity index (χ0) is 22.1. The van der Waals surface area contributed by atoms with Crippen molar-refractivity contribution in [3.63, 3.8) is 0 Å². The lowest BCUT2D eigenvalue weighted by molar-refractivity contribution is -0.116. The van der Waals surface area contributed by atoms with E-state index in [-0.39, 0.29) is 18.4 Å². The predicted molar refractivity (Wildman–Crippen MR) is 118 cm³/mol. The first-order valence-electron chi connectivity index (χ1n) is 9.52. The van der Waals surface area contributed by atoms with Crippen LogP contribution in [-0.2, 0) is 11.8 Å². The molecule has 0 aliphatic heterocycles. The molecule has 1 N–H and O–H groups in total. The zero-order valence-electron chi connectivity index (χ0n) is 17.2. The second-order valence-corrected chi connectivity index (χ2v) is 7.59. The van der Waals surface area contributed by atoms with Crippen LogP contribution in [0, 0.1) is 6.92 Å². The van der Waals surface area contributed by atoms with Crippen LogP contribution >= 0.6 is 11.6 Å². The first kappa shape index (κ1) is 20.6. The van der Waals surface area contributed by atoms with Gasteiger partial charge in [-0.05, 0) is 49.4 Å². The van der Waals surface area contributed by atoms with E-state index in [9.17, 15) is 9.59 Å². The highest BCUT2D eigenvalue weighted by atomic mass is 35.5. The number of fused-ring (bicyclic) bond motifs is 1. The number of aryl methyl sites for hydroxylation is 2. The maximum atomic E-state index is 13.3. The van der Waals surface area contributed by atoms with Crippen LogP contribution in [0.5, 0.6) is 0 Å². The largest absolute Gasteiger partial charge is 0.463 e. The topological polar surface area (TPSA) is 93.3 Å². The molecule has 9 heteroatoms. The molecule has 3 aromatic heterocycles. The van der Waals surface area contributed by atoms with Crippen LogP contribution in [0.4, 0.5) is 5.69 Å². The van der Waals surface area contributed by atoms with Gasteiger partial charge in [-0.25, -0.2) is 4.98 Å². The molecule has 4 aromatic rings. The van der Waals surface area contributed by atoms with E-state index in [2.05, 4.69) is 15.4 Å². The molecule has 0 bridgehead atoms. The molecule has 0 radical (unpaired) electrons. The number of nitrogens with zero attached hydrogens (tertiary/aromatic N) is 4. The number of aromatic nitrogens is 3. The molecule has 2 amide bonds. The molecule has 0 unspecified atom stereocenters. The summed E-state index contributed by atoms with van der Waals surface area (Å²) in [4.78, 5) is 31.7. The third-order valence-corrected chi connectivity index (χ3v) is 5.08. The normalized spacial score (nSPS) is 11.0. The second kappa shape index (κ2) is 8.23. The van der Waals surface area contributed by atoms with Crippen molar-refractivity contribution in [2.75, 3.05) is 18.9 Å². The highest BCUT2D eigenvalue weighted by molar-refractivity contribution is 6.30. The number of halogens is 1. The molecule has 3 heterocycles. The summed E-state index contributed by atoms with van der Waals surface area (Å²) in [6, 6.07) is 12.0. The van der Waals surface area contributed by atoms with E-state index in [1.54, 1.807) is 67.5 Å². The number of nitrogens with one attached hydrogen (secondary N) is 1. The average Bonchev–Trinajstić information content (AvgIpc) is 3.37. The SMILES string of the molecule is Cc1nn(C)c2nc(-c3ccco3)cc(C(=O)N(C)CC(=O)Nc3ccc(Cl)cc3)c12. The lowest BCUT2D eigenvalue weighted by atomic mass is 10.1. The molecule has 0 saturated carbocycles. The summed E-state index contributed by atoms with van der Waals surface area (Å²) >= 11 is 5.87. The van der Waals surface area contributed by atoms with Gasteiger partial charge in [0.25, 0.3) is 5.91 Å². The van der Waals surface area contributed by atoms with Crippen molar-refractivity contribution in [1.82, 2.24) is 19.7 Å². The van der Waals surface area contributed by atoms with Gasteiger partial charge in [0.1, 0.15) is 5.69 Å². The lowest BCUT2D eigenvalue weighted by Crippen LogP contribution is -2.35. The Hall–Kier alpha value is -3.65. The summed E-state index contributed by atoms with van der Waals surface area (Å²) in [5.74, 6) is -0.0989. The minimum atomic E-state index is -0.322. The van der Waals surface area contributed by atoms with Crippen molar-refractivity contribution in [2.45, 2.75) is 6.92 Å². The highest BCUT2D eigenvalue weighted by Crippen LogP contribution is 2.28. The molecule has 1 aromatic carbocycles. The summed E-state index contributed by atoms with van der Waals surface area (Å²) in [5.41, 5.74) is 2.77. The fourth-order valence-electron chi connectivity index (χ4n) is 3.39. The first-order chi connectivity index (χ1) is 14.8. The molecule has 8 nitrogen and oxygen atoms in total. The third kappa shape index (κ3) is 4.15. The van der Waals surface area contributed by atoms with Gasteiger partial charge >= 0.3 is 0 Å². The van der Waals surface area contributed by atoms with Crippen molar-refractivity contribution in [1.29, 1.82) is 0 Å². The Balaban J connectivity index is 1.63. The maximum absolute atomic E-state index is 13.3. The second-order valence-electron chi connectivity index (χ2n) is 7.16. The lowest BCUT2D eigenvalue weighted by Gasteiger charge is -2.18. The fraction of sp³-hybridized carbons (Fsp3) is 0.182. The summed E-state index contributed by atoms with van der Waals surface area (Å²) < 4.78 is 7.09. The minimum Gasteiger partial charge on any atom is -0.463 e. The van der Waals surface area contributed by atoms with Crippen molar-refractivity contribution < 1.29 is 14.0 Å². The maximum Gasteiger partial charge on any atom is 0.254 e. The summed E-state index contributed by atoms with van der Waals surface area (Å²) in [6.07, 6.45) is 1.55. The van der Waals surface area contributed by atoms with Crippen LogP contribution < -0.4 is 5.32 Å². The monoisotopic (exact) mass is 437 g/mol. The van der Waals surface area contributed by atoms with Gasteiger partial charge in [-0.2, -0.15) is 5.10 Å². The van der Waals surface area contributed by atoms with Gasteiger partial charge in [0.2, 0.25) is 5.91 Å². The number of furan rings is 1. The van der Waals surface area contributed by atoms with Crippen LogP contribution in [-0.4, -0.2) is 45.1 Å². The molecule has 0 atom stereocenters. The Bertz CT molecular complexity index is 1260. The van der Waals surface area contributed by atoms with E-state index < -0.39 is 0 Å². The quantitative estimate of drug-likeness (QED) is 0.511. The van der Waals surface area contributed by atoms with E-state index in [1.165, 1.54) is 4.90 Å². The Morgan fingerprint density at radius 2 is 1.97 bits per heavy atom. The smallest absolute Gasteiger partial charge is 0.254 e. The number of benzene rings is 1. The van der Waals surface area contributed by atoms with Gasteiger partial charge in [-0.15, -0.1) is 0 Å². The first-order valence-corrected chi connectivity index (χ1v) is 9.90. The number of carbonyl (C=O) groups is 2. The van der Waals surface area contributed by atoms with E-state index in [1.807, 2.05) is 6.92 Å². The summed E-state index contributed by atoms with van der Waals surface area (Å²) in [5, 5.41) is 8.38. The van der Waals surface area contributed by atoms with E-state index in [0.717, 1.165) is 0 Å². The van der Waals surface area contributed by atoms with Crippen molar-refractivity contribution in [3.8, 4) is 11.5 Å². The van der Waals surface area contributed by atoms with Crippen LogP contribution in [0.1, 0.15) is 16.1 Å². The molecule has 31 heavy (non-hydrogen) atoms. The molecule has 0 spiro atoms. The van der Waals surface area contributed by atoms with E-state index >= 15 is 0 Å². The number of rotatable bonds is 5. The highest BCUT2D eigenvalue weighted by Gasteiger charge is 2.23. The predicted octanol–water partition coefficient (Wildman–Crippen LogP) is 3.90.